The van der Waals surface area contributed by atoms with E-state index in [1.807, 2.05) is 6.92 Å². The van der Waals surface area contributed by atoms with Crippen LogP contribution in [-0.4, -0.2) is 23.1 Å². The molecule has 1 unspecified atom stereocenters. The van der Waals surface area contributed by atoms with Crippen LogP contribution in [0, 0.1) is 12.3 Å². The van der Waals surface area contributed by atoms with E-state index in [0.29, 0.717) is 12.8 Å². The van der Waals surface area contributed by atoms with Crippen LogP contribution in [0.25, 0.3) is 0 Å². The second kappa shape index (κ2) is 6.67. The van der Waals surface area contributed by atoms with Crippen LogP contribution in [-0.2, 0) is 11.2 Å². The monoisotopic (exact) mass is 246 g/mol. The lowest BCUT2D eigenvalue weighted by Gasteiger charge is -2.15. The SMILES string of the molecule is C#CC(CC)NC(=O)[C@H](N)Cc1ccc(O)cc1. The predicted molar refractivity (Wildman–Crippen MR) is 70.8 cm³/mol. The van der Waals surface area contributed by atoms with Gasteiger partial charge >= 0.3 is 0 Å². The van der Waals surface area contributed by atoms with Gasteiger partial charge in [0, 0.05) is 0 Å². The van der Waals surface area contributed by atoms with Crippen molar-refractivity contribution in [3.63, 3.8) is 0 Å². The number of aromatic hydroxyl groups is 1. The number of phenols is 1. The Labute approximate surface area is 107 Å². The standard InChI is InChI=1S/C14H18N2O2/c1-3-11(4-2)16-14(18)13(15)9-10-5-7-12(17)8-6-10/h1,5-8,11,13,17H,4,9,15H2,2H3,(H,16,18)/t11?,13-/m1/s1. The fourth-order valence-electron chi connectivity index (χ4n) is 1.52. The van der Waals surface area contributed by atoms with Crippen LogP contribution in [0.15, 0.2) is 24.3 Å². The van der Waals surface area contributed by atoms with E-state index in [1.54, 1.807) is 24.3 Å². The van der Waals surface area contributed by atoms with Gasteiger partial charge in [-0.1, -0.05) is 25.0 Å². The summed E-state index contributed by atoms with van der Waals surface area (Å²) in [6, 6.07) is 5.69. The predicted octanol–water partition coefficient (Wildman–Crippen LogP) is 0.790. The van der Waals surface area contributed by atoms with E-state index in [1.165, 1.54) is 0 Å². The molecule has 0 aromatic heterocycles. The van der Waals surface area contributed by atoms with Gasteiger partial charge in [-0.3, -0.25) is 4.79 Å². The molecule has 4 N–H and O–H groups in total. The molecule has 0 bridgehead atoms. The summed E-state index contributed by atoms with van der Waals surface area (Å²) in [4.78, 5) is 11.8. The van der Waals surface area contributed by atoms with E-state index < -0.39 is 6.04 Å². The Hall–Kier alpha value is -1.99. The van der Waals surface area contributed by atoms with Crippen LogP contribution in [0.5, 0.6) is 5.75 Å². The zero-order valence-electron chi connectivity index (χ0n) is 10.4. The molecule has 0 heterocycles. The van der Waals surface area contributed by atoms with Crippen molar-refractivity contribution in [2.75, 3.05) is 0 Å². The van der Waals surface area contributed by atoms with Gasteiger partial charge in [-0.15, -0.1) is 6.42 Å². The highest BCUT2D eigenvalue weighted by atomic mass is 16.3. The summed E-state index contributed by atoms with van der Waals surface area (Å²) < 4.78 is 0. The Balaban J connectivity index is 2.55. The molecule has 1 amide bonds. The summed E-state index contributed by atoms with van der Waals surface area (Å²) >= 11 is 0. The number of amides is 1. The molecule has 0 fully saturated rings. The fourth-order valence-corrected chi connectivity index (χ4v) is 1.52. The highest BCUT2D eigenvalue weighted by molar-refractivity contribution is 5.82. The van der Waals surface area contributed by atoms with E-state index >= 15 is 0 Å². The Bertz CT molecular complexity index is 434. The third-order valence-electron chi connectivity index (χ3n) is 2.65. The van der Waals surface area contributed by atoms with Crippen LogP contribution in [0.4, 0.5) is 0 Å². The molecule has 0 radical (unpaired) electrons. The normalized spacial score (nSPS) is 13.4. The van der Waals surface area contributed by atoms with Gasteiger partial charge < -0.3 is 16.2 Å². The van der Waals surface area contributed by atoms with Gasteiger partial charge in [0.05, 0.1) is 12.1 Å². The Kier molecular flexibility index (Phi) is 5.22. The smallest absolute Gasteiger partial charge is 0.238 e. The van der Waals surface area contributed by atoms with Crippen molar-refractivity contribution < 1.29 is 9.90 Å². The minimum atomic E-state index is -0.642. The molecule has 18 heavy (non-hydrogen) atoms. The molecule has 0 aliphatic carbocycles. The van der Waals surface area contributed by atoms with Gasteiger partial charge in [-0.25, -0.2) is 0 Å². The molecule has 0 saturated heterocycles. The second-order valence-electron chi connectivity index (χ2n) is 4.11. The van der Waals surface area contributed by atoms with Gasteiger partial charge in [0.25, 0.3) is 0 Å². The second-order valence-corrected chi connectivity index (χ2v) is 4.11. The van der Waals surface area contributed by atoms with Gasteiger partial charge in [-0.2, -0.15) is 0 Å². The van der Waals surface area contributed by atoms with Crippen molar-refractivity contribution in [3.05, 3.63) is 29.8 Å². The first-order chi connectivity index (χ1) is 8.56. The summed E-state index contributed by atoms with van der Waals surface area (Å²) in [5.74, 6) is 2.42. The molecule has 1 aromatic carbocycles. The topological polar surface area (TPSA) is 75.4 Å². The number of carbonyl (C=O) groups is 1. The Morgan fingerprint density at radius 2 is 2.11 bits per heavy atom. The number of hydrogen-bond acceptors (Lipinski definition) is 3. The zero-order chi connectivity index (χ0) is 13.5. The first kappa shape index (κ1) is 14.1. The number of rotatable bonds is 5. The molecular formula is C14H18N2O2. The highest BCUT2D eigenvalue weighted by Crippen LogP contribution is 2.10. The quantitative estimate of drug-likeness (QED) is 0.672. The van der Waals surface area contributed by atoms with E-state index in [2.05, 4.69) is 11.2 Å². The van der Waals surface area contributed by atoms with Gasteiger partial charge in [-0.05, 0) is 30.5 Å². The first-order valence-corrected chi connectivity index (χ1v) is 5.86. The minimum Gasteiger partial charge on any atom is -0.508 e. The van der Waals surface area contributed by atoms with Crippen LogP contribution in [0.1, 0.15) is 18.9 Å². The minimum absolute atomic E-state index is 0.190. The maximum atomic E-state index is 11.8. The van der Waals surface area contributed by atoms with Gasteiger partial charge in [0.15, 0.2) is 0 Å². The largest absolute Gasteiger partial charge is 0.508 e. The Morgan fingerprint density at radius 1 is 1.50 bits per heavy atom. The molecule has 0 aliphatic heterocycles. The van der Waals surface area contributed by atoms with E-state index in [0.717, 1.165) is 5.56 Å². The van der Waals surface area contributed by atoms with Crippen molar-refractivity contribution in [1.29, 1.82) is 0 Å². The number of hydrogen-bond donors (Lipinski definition) is 3. The van der Waals surface area contributed by atoms with Crippen molar-refractivity contribution in [2.45, 2.75) is 31.8 Å². The molecule has 1 rings (SSSR count). The maximum absolute atomic E-state index is 11.8. The number of nitrogens with two attached hydrogens (primary N) is 1. The fraction of sp³-hybridized carbons (Fsp3) is 0.357. The van der Waals surface area contributed by atoms with Crippen molar-refractivity contribution in [2.24, 2.45) is 5.73 Å². The molecule has 4 nitrogen and oxygen atoms in total. The number of nitrogens with one attached hydrogen (secondary N) is 1. The average Bonchev–Trinajstić information content (AvgIpc) is 2.38. The average molecular weight is 246 g/mol. The third kappa shape index (κ3) is 4.11. The van der Waals surface area contributed by atoms with Gasteiger partial charge in [0.1, 0.15) is 5.75 Å². The number of phenolic OH excluding ortho intramolecular Hbond substituents is 1. The summed E-state index contributed by atoms with van der Waals surface area (Å²) in [6.07, 6.45) is 6.35. The summed E-state index contributed by atoms with van der Waals surface area (Å²) in [5.41, 5.74) is 6.69. The van der Waals surface area contributed by atoms with Gasteiger partial charge in [0.2, 0.25) is 5.91 Å². The first-order valence-electron chi connectivity index (χ1n) is 5.86. The molecule has 0 spiro atoms. The van der Waals surface area contributed by atoms with Crippen LogP contribution < -0.4 is 11.1 Å². The number of terminal acetylenes is 1. The zero-order valence-corrected chi connectivity index (χ0v) is 10.4. The maximum Gasteiger partial charge on any atom is 0.238 e. The molecule has 0 aliphatic rings. The van der Waals surface area contributed by atoms with E-state index in [9.17, 15) is 4.79 Å². The number of benzene rings is 1. The Morgan fingerprint density at radius 3 is 2.61 bits per heavy atom. The lowest BCUT2D eigenvalue weighted by atomic mass is 10.1. The van der Waals surface area contributed by atoms with Crippen LogP contribution >= 0.6 is 0 Å². The highest BCUT2D eigenvalue weighted by Gasteiger charge is 2.16. The van der Waals surface area contributed by atoms with E-state index in [4.69, 9.17) is 17.3 Å². The molecule has 2 atom stereocenters. The molecule has 4 heteroatoms. The third-order valence-corrected chi connectivity index (χ3v) is 2.65. The number of carbonyl (C=O) groups excluding carboxylic acids is 1. The molecule has 1 aromatic rings. The molecule has 0 saturated carbocycles. The van der Waals surface area contributed by atoms with Crippen LogP contribution in [0.2, 0.25) is 0 Å². The van der Waals surface area contributed by atoms with Crippen LogP contribution in [0.3, 0.4) is 0 Å². The van der Waals surface area contributed by atoms with Crippen molar-refractivity contribution in [3.8, 4) is 18.1 Å². The van der Waals surface area contributed by atoms with Crippen molar-refractivity contribution in [1.82, 2.24) is 5.32 Å². The summed E-state index contributed by atoms with van der Waals surface area (Å²) in [6.45, 7) is 1.90. The lowest BCUT2D eigenvalue weighted by Crippen LogP contribution is -2.45. The lowest BCUT2D eigenvalue weighted by molar-refractivity contribution is -0.122. The molecule has 96 valence electrons. The summed E-state index contributed by atoms with van der Waals surface area (Å²) in [7, 11) is 0. The molecular weight excluding hydrogens is 228 g/mol. The van der Waals surface area contributed by atoms with E-state index in [-0.39, 0.29) is 17.7 Å². The summed E-state index contributed by atoms with van der Waals surface area (Å²) in [5, 5.41) is 11.8. The van der Waals surface area contributed by atoms with Crippen molar-refractivity contribution >= 4 is 5.91 Å².